The molecule has 3 atom stereocenters. The van der Waals surface area contributed by atoms with Crippen LogP contribution in [0.15, 0.2) is 72.9 Å². The third-order valence-corrected chi connectivity index (χ3v) is 9.60. The van der Waals surface area contributed by atoms with E-state index in [9.17, 15) is 29.3 Å². The van der Waals surface area contributed by atoms with Gasteiger partial charge < -0.3 is 24.6 Å². The van der Waals surface area contributed by atoms with Crippen molar-refractivity contribution in [2.75, 3.05) is 26.4 Å². The van der Waals surface area contributed by atoms with Crippen LogP contribution in [0.4, 0.5) is 0 Å². The van der Waals surface area contributed by atoms with Crippen molar-refractivity contribution >= 4 is 19.8 Å². The van der Waals surface area contributed by atoms with E-state index in [0.29, 0.717) is 19.3 Å². The maximum atomic E-state index is 12.4. The minimum atomic E-state index is -4.66. The van der Waals surface area contributed by atoms with E-state index < -0.39 is 58.4 Å². The van der Waals surface area contributed by atoms with Gasteiger partial charge in [-0.3, -0.25) is 18.6 Å². The highest BCUT2D eigenvalue weighted by Crippen LogP contribution is 2.43. The molecule has 0 rings (SSSR count). The Morgan fingerprint density at radius 3 is 1.30 bits per heavy atom. The van der Waals surface area contributed by atoms with Crippen molar-refractivity contribution in [3.05, 3.63) is 72.9 Å². The van der Waals surface area contributed by atoms with Crippen LogP contribution < -0.4 is 0 Å². The molecule has 3 unspecified atom stereocenters. The van der Waals surface area contributed by atoms with Gasteiger partial charge in [0.1, 0.15) is 12.2 Å². The highest BCUT2D eigenvalue weighted by molar-refractivity contribution is 7.47. The number of rotatable bonds is 39. The van der Waals surface area contributed by atoms with Crippen LogP contribution in [0.25, 0.3) is 0 Å². The highest BCUT2D eigenvalue weighted by Gasteiger charge is 2.27. The average molecular weight is 809 g/mol. The lowest BCUT2D eigenvalue weighted by atomic mass is 10.1. The van der Waals surface area contributed by atoms with Crippen molar-refractivity contribution in [3.63, 3.8) is 0 Å². The van der Waals surface area contributed by atoms with Crippen LogP contribution in [0.1, 0.15) is 162 Å². The Morgan fingerprint density at radius 1 is 0.500 bits per heavy atom. The number of phosphoric acid groups is 1. The predicted molar refractivity (Wildman–Crippen MR) is 228 cm³/mol. The van der Waals surface area contributed by atoms with E-state index in [4.69, 9.17) is 18.5 Å². The molecule has 0 bridgehead atoms. The molecule has 0 aliphatic carbocycles. The number of esters is 2. The number of carbonyl (C=O) groups excluding carboxylic acids is 2. The average Bonchev–Trinajstić information content (AvgIpc) is 3.19. The maximum absolute atomic E-state index is 12.4. The Labute approximate surface area is 339 Å². The fourth-order valence-corrected chi connectivity index (χ4v) is 6.16. The number of hydrogen-bond donors (Lipinski definition) is 3. The SMILES string of the molecule is CC/C=C\C/C=C\C/C=C\C/C=C\C/C=C\CCCC(=O)OC(CO)COP(=O)(O)OCC(CO)OC(=O)CCCCCCC/C=C\CCCCCCCCC. The molecule has 0 aromatic heterocycles. The van der Waals surface area contributed by atoms with E-state index in [2.05, 4.69) is 74.6 Å². The van der Waals surface area contributed by atoms with Crippen LogP contribution in [0.3, 0.4) is 0 Å². The van der Waals surface area contributed by atoms with Gasteiger partial charge in [-0.2, -0.15) is 0 Å². The fraction of sp³-hybridized carbons (Fsp3) is 0.689. The molecule has 0 fully saturated rings. The molecule has 3 N–H and O–H groups in total. The van der Waals surface area contributed by atoms with E-state index in [1.165, 1.54) is 44.9 Å². The van der Waals surface area contributed by atoms with Gasteiger partial charge in [-0.05, 0) is 77.0 Å². The van der Waals surface area contributed by atoms with Crippen LogP contribution in [0.5, 0.6) is 0 Å². The quantitative estimate of drug-likeness (QED) is 0.0237. The van der Waals surface area contributed by atoms with Crippen molar-refractivity contribution in [2.45, 2.75) is 174 Å². The zero-order valence-electron chi connectivity index (χ0n) is 34.8. The monoisotopic (exact) mass is 809 g/mol. The lowest BCUT2D eigenvalue weighted by Crippen LogP contribution is -2.28. The summed E-state index contributed by atoms with van der Waals surface area (Å²) in [7, 11) is -4.66. The topological polar surface area (TPSA) is 149 Å². The Kier molecular flexibility index (Phi) is 38.7. The number of unbranched alkanes of at least 4 members (excludes halogenated alkanes) is 13. The van der Waals surface area contributed by atoms with Gasteiger partial charge in [0.2, 0.25) is 0 Å². The van der Waals surface area contributed by atoms with Crippen molar-refractivity contribution < 1.29 is 47.8 Å². The first-order valence-electron chi connectivity index (χ1n) is 21.4. The van der Waals surface area contributed by atoms with Gasteiger partial charge in [0.05, 0.1) is 26.4 Å². The summed E-state index contributed by atoms with van der Waals surface area (Å²) in [6.07, 6.45) is 45.9. The Hall–Kier alpha value is -2.59. The number of aliphatic hydroxyl groups is 2. The van der Waals surface area contributed by atoms with Gasteiger partial charge in [0, 0.05) is 12.8 Å². The van der Waals surface area contributed by atoms with Gasteiger partial charge in [0.15, 0.2) is 0 Å². The minimum absolute atomic E-state index is 0.110. The summed E-state index contributed by atoms with van der Waals surface area (Å²) in [6.45, 7) is 2.00. The third kappa shape index (κ3) is 38.3. The maximum Gasteiger partial charge on any atom is 0.472 e. The molecule has 0 aliphatic rings. The standard InChI is InChI=1S/C45H77O10P/c1-3-5-7-9-11-13-15-17-19-21-23-25-27-29-31-33-35-37-45(49)55-43(39-47)41-53-56(50,51)52-40-42(38-46)54-44(48)36-34-32-30-28-26-24-22-20-18-16-14-12-10-8-6-4-2/h5,7,11,13,17,19-20,22-23,25,29,31,42-43,46-47H,3-4,6,8-10,12,14-16,18,21,24,26-28,30,32-41H2,1-2H3,(H,50,51)/b7-5-,13-11-,19-17-,22-20-,25-23-,31-29-. The van der Waals surface area contributed by atoms with Gasteiger partial charge in [0.25, 0.3) is 0 Å². The van der Waals surface area contributed by atoms with Crippen molar-refractivity contribution in [3.8, 4) is 0 Å². The normalized spacial score (nSPS) is 14.6. The third-order valence-electron chi connectivity index (χ3n) is 8.65. The van der Waals surface area contributed by atoms with Gasteiger partial charge in [-0.25, -0.2) is 4.57 Å². The lowest BCUT2D eigenvalue weighted by molar-refractivity contribution is -0.153. The fourth-order valence-electron chi connectivity index (χ4n) is 5.38. The molecular weight excluding hydrogens is 731 g/mol. The Bertz CT molecular complexity index is 1160. The molecule has 0 saturated heterocycles. The molecule has 0 aromatic carbocycles. The first-order valence-corrected chi connectivity index (χ1v) is 22.9. The molecule has 322 valence electrons. The van der Waals surface area contributed by atoms with Gasteiger partial charge >= 0.3 is 19.8 Å². The van der Waals surface area contributed by atoms with Crippen LogP contribution in [0.2, 0.25) is 0 Å². The number of ether oxygens (including phenoxy) is 2. The van der Waals surface area contributed by atoms with Crippen LogP contribution in [-0.2, 0) is 32.7 Å². The molecule has 0 amide bonds. The molecule has 11 heteroatoms. The summed E-state index contributed by atoms with van der Waals surface area (Å²) >= 11 is 0. The van der Waals surface area contributed by atoms with E-state index >= 15 is 0 Å². The summed E-state index contributed by atoms with van der Waals surface area (Å²) in [5, 5.41) is 19.1. The summed E-state index contributed by atoms with van der Waals surface area (Å²) in [6, 6.07) is 0. The number of allylic oxidation sites excluding steroid dienone is 12. The first kappa shape index (κ1) is 53.4. The molecule has 0 spiro atoms. The van der Waals surface area contributed by atoms with Gasteiger partial charge in [-0.1, -0.05) is 145 Å². The molecule has 56 heavy (non-hydrogen) atoms. The van der Waals surface area contributed by atoms with Crippen LogP contribution >= 0.6 is 7.82 Å². The van der Waals surface area contributed by atoms with Crippen molar-refractivity contribution in [1.29, 1.82) is 0 Å². The second-order valence-electron chi connectivity index (χ2n) is 13.9. The number of hydrogen-bond acceptors (Lipinski definition) is 9. The largest absolute Gasteiger partial charge is 0.472 e. The molecule has 0 saturated carbocycles. The second kappa shape index (κ2) is 40.6. The molecule has 0 aliphatic heterocycles. The van der Waals surface area contributed by atoms with Crippen LogP contribution in [-0.4, -0.2) is 65.7 Å². The van der Waals surface area contributed by atoms with Gasteiger partial charge in [-0.15, -0.1) is 0 Å². The van der Waals surface area contributed by atoms with E-state index in [1.54, 1.807) is 0 Å². The summed E-state index contributed by atoms with van der Waals surface area (Å²) in [4.78, 5) is 34.5. The van der Waals surface area contributed by atoms with E-state index in [1.807, 2.05) is 12.2 Å². The smallest absolute Gasteiger partial charge is 0.457 e. The Balaban J connectivity index is 4.04. The summed E-state index contributed by atoms with van der Waals surface area (Å²) in [5.41, 5.74) is 0. The summed E-state index contributed by atoms with van der Waals surface area (Å²) in [5.74, 6) is -1.09. The van der Waals surface area contributed by atoms with Crippen molar-refractivity contribution in [2.24, 2.45) is 0 Å². The highest BCUT2D eigenvalue weighted by atomic mass is 31.2. The summed E-state index contributed by atoms with van der Waals surface area (Å²) < 4.78 is 32.5. The molecule has 0 radical (unpaired) electrons. The molecular formula is C45H77O10P. The van der Waals surface area contributed by atoms with E-state index in [0.717, 1.165) is 70.6 Å². The lowest BCUT2D eigenvalue weighted by Gasteiger charge is -2.20. The molecule has 0 heterocycles. The zero-order valence-corrected chi connectivity index (χ0v) is 35.7. The number of phosphoric ester groups is 1. The second-order valence-corrected chi connectivity index (χ2v) is 15.4. The Morgan fingerprint density at radius 2 is 0.857 bits per heavy atom. The van der Waals surface area contributed by atoms with E-state index in [-0.39, 0.29) is 12.8 Å². The number of carbonyl (C=O) groups is 2. The first-order chi connectivity index (χ1) is 27.3. The molecule has 10 nitrogen and oxygen atoms in total. The number of aliphatic hydroxyl groups excluding tert-OH is 2. The molecule has 0 aromatic rings. The van der Waals surface area contributed by atoms with Crippen molar-refractivity contribution in [1.82, 2.24) is 0 Å². The predicted octanol–water partition coefficient (Wildman–Crippen LogP) is 11.3. The van der Waals surface area contributed by atoms with Crippen LogP contribution in [0, 0.1) is 0 Å². The minimum Gasteiger partial charge on any atom is -0.457 e. The zero-order chi connectivity index (χ0) is 41.2.